The fourth-order valence-corrected chi connectivity index (χ4v) is 2.40. The van der Waals surface area contributed by atoms with Crippen molar-refractivity contribution in [1.82, 2.24) is 20.5 Å². The molecule has 1 heterocycles. The third-order valence-corrected chi connectivity index (χ3v) is 3.54. The molecule has 1 aliphatic rings. The van der Waals surface area contributed by atoms with Crippen LogP contribution in [0.25, 0.3) is 0 Å². The van der Waals surface area contributed by atoms with Crippen LogP contribution in [0.4, 0.5) is 0 Å². The third-order valence-electron chi connectivity index (χ3n) is 3.54. The zero-order chi connectivity index (χ0) is 12.3. The lowest BCUT2D eigenvalue weighted by Gasteiger charge is -2.33. The van der Waals surface area contributed by atoms with Crippen LogP contribution in [0.2, 0.25) is 0 Å². The van der Waals surface area contributed by atoms with E-state index < -0.39 is 0 Å². The molecule has 0 unspecified atom stereocenters. The molecule has 1 saturated carbocycles. The summed E-state index contributed by atoms with van der Waals surface area (Å²) in [5.74, 6) is 0.724. The van der Waals surface area contributed by atoms with Crippen molar-refractivity contribution in [3.8, 4) is 0 Å². The minimum Gasteiger partial charge on any atom is -0.349 e. The van der Waals surface area contributed by atoms with Crippen molar-refractivity contribution in [3.05, 3.63) is 11.6 Å². The summed E-state index contributed by atoms with van der Waals surface area (Å²) in [6.45, 7) is 4.75. The van der Waals surface area contributed by atoms with E-state index >= 15 is 0 Å². The number of aromatic nitrogens is 3. The number of aryl methyl sites for hydroxylation is 1. The highest BCUT2D eigenvalue weighted by Gasteiger charge is 2.27. The maximum atomic E-state index is 11.8. The number of amides is 1. The molecule has 0 aromatic carbocycles. The second kappa shape index (κ2) is 4.85. The first-order valence-corrected chi connectivity index (χ1v) is 6.26. The van der Waals surface area contributed by atoms with Crippen LogP contribution in [0.1, 0.15) is 55.5 Å². The van der Waals surface area contributed by atoms with Gasteiger partial charge in [-0.15, -0.1) is 5.10 Å². The normalized spacial score (nSPS) is 18.9. The number of nitrogens with zero attached hydrogens (tertiary/aromatic N) is 2. The van der Waals surface area contributed by atoms with E-state index in [-0.39, 0.29) is 17.1 Å². The number of hydrogen-bond donors (Lipinski definition) is 2. The molecule has 94 valence electrons. The highest BCUT2D eigenvalue weighted by atomic mass is 16.2. The first-order chi connectivity index (χ1) is 8.09. The number of H-pyrrole nitrogens is 1. The summed E-state index contributed by atoms with van der Waals surface area (Å²) in [6, 6.07) is 0. The Kier molecular flexibility index (Phi) is 3.45. The fraction of sp³-hybridized carbons (Fsp3) is 0.750. The lowest BCUT2D eigenvalue weighted by Crippen LogP contribution is -2.37. The molecule has 1 aromatic heterocycles. The van der Waals surface area contributed by atoms with Gasteiger partial charge in [0.25, 0.3) is 5.91 Å². The van der Waals surface area contributed by atoms with E-state index in [0.717, 1.165) is 6.54 Å². The van der Waals surface area contributed by atoms with Crippen molar-refractivity contribution in [2.24, 2.45) is 5.41 Å². The molecule has 0 bridgehead atoms. The SMILES string of the molecule is Cc1nc(C(=O)NCC2(C)CCCCC2)n[nH]1. The van der Waals surface area contributed by atoms with Gasteiger partial charge in [-0.2, -0.15) is 0 Å². The summed E-state index contributed by atoms with van der Waals surface area (Å²) in [4.78, 5) is 15.8. The topological polar surface area (TPSA) is 70.7 Å². The van der Waals surface area contributed by atoms with Crippen molar-refractivity contribution in [3.63, 3.8) is 0 Å². The van der Waals surface area contributed by atoms with Gasteiger partial charge in [-0.05, 0) is 25.2 Å². The summed E-state index contributed by atoms with van der Waals surface area (Å²) >= 11 is 0. The minimum atomic E-state index is -0.179. The van der Waals surface area contributed by atoms with Crippen molar-refractivity contribution in [2.75, 3.05) is 6.54 Å². The van der Waals surface area contributed by atoms with Gasteiger partial charge in [0, 0.05) is 6.54 Å². The molecule has 1 amide bonds. The number of carbonyl (C=O) groups excluding carboxylic acids is 1. The minimum absolute atomic E-state index is 0.179. The molecular weight excluding hydrogens is 216 g/mol. The Morgan fingerprint density at radius 1 is 1.41 bits per heavy atom. The van der Waals surface area contributed by atoms with E-state index in [1.54, 1.807) is 6.92 Å². The average Bonchev–Trinajstić information content (AvgIpc) is 2.74. The van der Waals surface area contributed by atoms with Crippen LogP contribution < -0.4 is 5.32 Å². The van der Waals surface area contributed by atoms with Gasteiger partial charge in [0.2, 0.25) is 5.82 Å². The number of nitrogens with one attached hydrogen (secondary N) is 2. The van der Waals surface area contributed by atoms with E-state index in [2.05, 4.69) is 27.4 Å². The maximum absolute atomic E-state index is 11.8. The van der Waals surface area contributed by atoms with Crippen LogP contribution in [-0.2, 0) is 0 Å². The molecule has 5 heteroatoms. The molecule has 17 heavy (non-hydrogen) atoms. The number of hydrogen-bond acceptors (Lipinski definition) is 3. The van der Waals surface area contributed by atoms with Gasteiger partial charge >= 0.3 is 0 Å². The van der Waals surface area contributed by atoms with E-state index in [9.17, 15) is 4.79 Å². The summed E-state index contributed by atoms with van der Waals surface area (Å²) in [7, 11) is 0. The molecule has 0 spiro atoms. The van der Waals surface area contributed by atoms with E-state index in [4.69, 9.17) is 0 Å². The molecule has 0 atom stereocenters. The van der Waals surface area contributed by atoms with Crippen LogP contribution in [0.5, 0.6) is 0 Å². The van der Waals surface area contributed by atoms with Crippen LogP contribution in [0.3, 0.4) is 0 Å². The molecule has 0 saturated heterocycles. The molecule has 1 fully saturated rings. The van der Waals surface area contributed by atoms with Crippen molar-refractivity contribution in [2.45, 2.75) is 46.0 Å². The highest BCUT2D eigenvalue weighted by molar-refractivity contribution is 5.90. The van der Waals surface area contributed by atoms with E-state index in [1.165, 1.54) is 32.1 Å². The molecular formula is C12H20N4O. The number of carbonyl (C=O) groups is 1. The zero-order valence-corrected chi connectivity index (χ0v) is 10.5. The molecule has 2 rings (SSSR count). The summed E-state index contributed by atoms with van der Waals surface area (Å²) in [6.07, 6.45) is 6.25. The van der Waals surface area contributed by atoms with Gasteiger partial charge in [-0.1, -0.05) is 26.2 Å². The third kappa shape index (κ3) is 3.05. The summed E-state index contributed by atoms with van der Waals surface area (Å²) < 4.78 is 0. The molecule has 1 aromatic rings. The van der Waals surface area contributed by atoms with Gasteiger partial charge in [-0.25, -0.2) is 4.98 Å². The predicted molar refractivity (Wildman–Crippen MR) is 64.6 cm³/mol. The van der Waals surface area contributed by atoms with Gasteiger partial charge in [0.05, 0.1) is 0 Å². The second-order valence-electron chi connectivity index (χ2n) is 5.30. The predicted octanol–water partition coefficient (Wildman–Crippen LogP) is 1.81. The zero-order valence-electron chi connectivity index (χ0n) is 10.5. The Morgan fingerprint density at radius 3 is 2.71 bits per heavy atom. The molecule has 0 aliphatic heterocycles. The van der Waals surface area contributed by atoms with Crippen LogP contribution >= 0.6 is 0 Å². The van der Waals surface area contributed by atoms with Crippen molar-refractivity contribution >= 4 is 5.91 Å². The van der Waals surface area contributed by atoms with Crippen LogP contribution in [0.15, 0.2) is 0 Å². The molecule has 1 aliphatic carbocycles. The van der Waals surface area contributed by atoms with Gasteiger partial charge in [0.15, 0.2) is 0 Å². The Labute approximate surface area is 101 Å². The molecule has 0 radical (unpaired) electrons. The van der Waals surface area contributed by atoms with Gasteiger partial charge in [0.1, 0.15) is 5.82 Å². The lowest BCUT2D eigenvalue weighted by atomic mass is 9.76. The Balaban J connectivity index is 1.87. The van der Waals surface area contributed by atoms with Crippen molar-refractivity contribution < 1.29 is 4.79 Å². The first-order valence-electron chi connectivity index (χ1n) is 6.26. The van der Waals surface area contributed by atoms with Crippen molar-refractivity contribution in [1.29, 1.82) is 0 Å². The standard InChI is InChI=1S/C12H20N4O/c1-9-14-10(16-15-9)11(17)13-8-12(2)6-4-3-5-7-12/h3-8H2,1-2H3,(H,13,17)(H,14,15,16). The van der Waals surface area contributed by atoms with Gasteiger partial charge < -0.3 is 5.32 Å². The highest BCUT2D eigenvalue weighted by Crippen LogP contribution is 2.34. The van der Waals surface area contributed by atoms with Gasteiger partial charge in [-0.3, -0.25) is 9.89 Å². The number of aromatic amines is 1. The Hall–Kier alpha value is -1.39. The number of rotatable bonds is 3. The first kappa shape index (κ1) is 12.1. The largest absolute Gasteiger partial charge is 0.349 e. The molecule has 2 N–H and O–H groups in total. The lowest BCUT2D eigenvalue weighted by molar-refractivity contribution is 0.0909. The monoisotopic (exact) mass is 236 g/mol. The van der Waals surface area contributed by atoms with E-state index in [0.29, 0.717) is 5.82 Å². The smallest absolute Gasteiger partial charge is 0.290 e. The summed E-state index contributed by atoms with van der Waals surface area (Å²) in [5, 5.41) is 9.47. The van der Waals surface area contributed by atoms with E-state index in [1.807, 2.05) is 0 Å². The Bertz CT molecular complexity index is 393. The average molecular weight is 236 g/mol. The quantitative estimate of drug-likeness (QED) is 0.840. The Morgan fingerprint density at radius 2 is 2.12 bits per heavy atom. The van der Waals surface area contributed by atoms with Crippen LogP contribution in [0, 0.1) is 12.3 Å². The molecule has 5 nitrogen and oxygen atoms in total. The second-order valence-corrected chi connectivity index (χ2v) is 5.30. The maximum Gasteiger partial charge on any atom is 0.290 e. The fourth-order valence-electron chi connectivity index (χ4n) is 2.40. The van der Waals surface area contributed by atoms with Crippen LogP contribution in [-0.4, -0.2) is 27.6 Å². The summed E-state index contributed by atoms with van der Waals surface area (Å²) in [5.41, 5.74) is 0.249.